The van der Waals surface area contributed by atoms with Crippen LogP contribution in [-0.2, 0) is 14.3 Å². The molecule has 2 atom stereocenters. The van der Waals surface area contributed by atoms with Gasteiger partial charge in [0.05, 0.1) is 18.8 Å². The Kier molecular flexibility index (Phi) is 6.05. The minimum atomic E-state index is -0.0876. The van der Waals surface area contributed by atoms with E-state index in [1.165, 1.54) is 0 Å². The first kappa shape index (κ1) is 15.4. The quantitative estimate of drug-likeness (QED) is 0.736. The van der Waals surface area contributed by atoms with Gasteiger partial charge >= 0.3 is 0 Å². The monoisotopic (exact) mass is 258 g/mol. The van der Waals surface area contributed by atoms with E-state index >= 15 is 0 Å². The summed E-state index contributed by atoms with van der Waals surface area (Å²) in [6, 6.07) is 0.410. The maximum absolute atomic E-state index is 11.7. The Bertz CT molecular complexity index is 269. The van der Waals surface area contributed by atoms with Gasteiger partial charge in [-0.3, -0.25) is 4.79 Å². The van der Waals surface area contributed by atoms with Crippen molar-refractivity contribution in [1.82, 2.24) is 10.6 Å². The number of ether oxygens (including phenoxy) is 2. The number of hydrogen-bond donors (Lipinski definition) is 2. The molecule has 18 heavy (non-hydrogen) atoms. The molecule has 0 radical (unpaired) electrons. The first-order valence-electron chi connectivity index (χ1n) is 6.58. The van der Waals surface area contributed by atoms with Crippen LogP contribution >= 0.6 is 0 Å². The van der Waals surface area contributed by atoms with Crippen LogP contribution in [0.1, 0.15) is 33.6 Å². The highest BCUT2D eigenvalue weighted by atomic mass is 16.5. The van der Waals surface area contributed by atoms with Gasteiger partial charge in [0.25, 0.3) is 0 Å². The molecule has 0 saturated carbocycles. The lowest BCUT2D eigenvalue weighted by Gasteiger charge is -2.35. The average Bonchev–Trinajstić information content (AvgIpc) is 2.25. The van der Waals surface area contributed by atoms with E-state index < -0.39 is 0 Å². The zero-order chi connectivity index (χ0) is 13.6. The topological polar surface area (TPSA) is 59.6 Å². The lowest BCUT2D eigenvalue weighted by atomic mass is 9.94. The molecule has 106 valence electrons. The molecule has 1 rings (SSSR count). The molecule has 1 heterocycles. The lowest BCUT2D eigenvalue weighted by molar-refractivity contribution is -0.121. The second-order valence-corrected chi connectivity index (χ2v) is 5.60. The molecule has 0 aromatic carbocycles. The molecule has 1 saturated heterocycles. The Morgan fingerprint density at radius 2 is 2.28 bits per heavy atom. The van der Waals surface area contributed by atoms with E-state index in [9.17, 15) is 4.79 Å². The minimum absolute atomic E-state index is 0.0175. The Morgan fingerprint density at radius 1 is 1.56 bits per heavy atom. The smallest absolute Gasteiger partial charge is 0.234 e. The van der Waals surface area contributed by atoms with Crippen molar-refractivity contribution in [1.29, 1.82) is 0 Å². The highest BCUT2D eigenvalue weighted by Gasteiger charge is 2.28. The van der Waals surface area contributed by atoms with E-state index in [4.69, 9.17) is 9.47 Å². The predicted molar refractivity (Wildman–Crippen MR) is 70.5 cm³/mol. The summed E-state index contributed by atoms with van der Waals surface area (Å²) in [4.78, 5) is 11.7. The maximum Gasteiger partial charge on any atom is 0.234 e. The van der Waals surface area contributed by atoms with Crippen LogP contribution in [0.4, 0.5) is 0 Å². The largest absolute Gasteiger partial charge is 0.383 e. The zero-order valence-corrected chi connectivity index (χ0v) is 11.9. The highest BCUT2D eigenvalue weighted by Crippen LogP contribution is 2.23. The predicted octanol–water partition coefficient (Wildman–Crippen LogP) is 0.685. The molecule has 0 aromatic rings. The van der Waals surface area contributed by atoms with Crippen LogP contribution in [0.3, 0.4) is 0 Å². The molecule has 1 fully saturated rings. The van der Waals surface area contributed by atoms with Crippen molar-refractivity contribution < 1.29 is 14.3 Å². The number of nitrogens with one attached hydrogen (secondary N) is 2. The van der Waals surface area contributed by atoms with Gasteiger partial charge < -0.3 is 20.1 Å². The van der Waals surface area contributed by atoms with Crippen LogP contribution < -0.4 is 10.6 Å². The van der Waals surface area contributed by atoms with Gasteiger partial charge in [0, 0.05) is 25.8 Å². The number of rotatable bonds is 6. The molecule has 2 unspecified atom stereocenters. The van der Waals surface area contributed by atoms with Crippen molar-refractivity contribution in [2.24, 2.45) is 0 Å². The normalized spacial score (nSPS) is 24.6. The van der Waals surface area contributed by atoms with E-state index in [0.29, 0.717) is 19.2 Å². The molecule has 0 aromatic heterocycles. The maximum atomic E-state index is 11.7. The summed E-state index contributed by atoms with van der Waals surface area (Å²) >= 11 is 0. The molecule has 0 aliphatic carbocycles. The van der Waals surface area contributed by atoms with Gasteiger partial charge in [-0.25, -0.2) is 0 Å². The van der Waals surface area contributed by atoms with Gasteiger partial charge in [-0.1, -0.05) is 0 Å². The van der Waals surface area contributed by atoms with Crippen LogP contribution in [0.25, 0.3) is 0 Å². The van der Waals surface area contributed by atoms with Crippen LogP contribution in [0.5, 0.6) is 0 Å². The highest BCUT2D eigenvalue weighted by molar-refractivity contribution is 5.78. The summed E-state index contributed by atoms with van der Waals surface area (Å²) < 4.78 is 10.6. The SMILES string of the molecule is COCC(C)NC(=O)CNC1CCOC(C)(C)C1. The van der Waals surface area contributed by atoms with Crippen molar-refractivity contribution in [3.63, 3.8) is 0 Å². The van der Waals surface area contributed by atoms with E-state index in [2.05, 4.69) is 24.5 Å². The first-order valence-corrected chi connectivity index (χ1v) is 6.58. The molecule has 0 bridgehead atoms. The van der Waals surface area contributed by atoms with Crippen molar-refractivity contribution in [2.45, 2.75) is 51.3 Å². The summed E-state index contributed by atoms with van der Waals surface area (Å²) in [6.07, 6.45) is 1.90. The molecular formula is C13H26N2O3. The Balaban J connectivity index is 2.22. The molecule has 1 aliphatic heterocycles. The van der Waals surface area contributed by atoms with Crippen LogP contribution in [0, 0.1) is 0 Å². The van der Waals surface area contributed by atoms with E-state index in [1.54, 1.807) is 7.11 Å². The summed E-state index contributed by atoms with van der Waals surface area (Å²) in [6.45, 7) is 7.75. The summed E-state index contributed by atoms with van der Waals surface area (Å²) in [5.41, 5.74) is -0.0876. The second-order valence-electron chi connectivity index (χ2n) is 5.60. The number of methoxy groups -OCH3 is 1. The number of amides is 1. The number of carbonyl (C=O) groups is 1. The van der Waals surface area contributed by atoms with Gasteiger partial charge in [0.15, 0.2) is 0 Å². The lowest BCUT2D eigenvalue weighted by Crippen LogP contribution is -2.48. The number of carbonyl (C=O) groups excluding carboxylic acids is 1. The van der Waals surface area contributed by atoms with Crippen molar-refractivity contribution in [3.8, 4) is 0 Å². The summed E-state index contributed by atoms with van der Waals surface area (Å²) in [5, 5.41) is 6.18. The van der Waals surface area contributed by atoms with Gasteiger partial charge in [-0.2, -0.15) is 0 Å². The fraction of sp³-hybridized carbons (Fsp3) is 0.923. The van der Waals surface area contributed by atoms with Gasteiger partial charge in [0.2, 0.25) is 5.91 Å². The molecular weight excluding hydrogens is 232 g/mol. The van der Waals surface area contributed by atoms with E-state index in [-0.39, 0.29) is 17.6 Å². The fourth-order valence-corrected chi connectivity index (χ4v) is 2.26. The van der Waals surface area contributed by atoms with Gasteiger partial charge in [-0.15, -0.1) is 0 Å². The van der Waals surface area contributed by atoms with E-state index in [1.807, 2.05) is 6.92 Å². The van der Waals surface area contributed by atoms with Crippen LogP contribution in [0.15, 0.2) is 0 Å². The molecule has 0 spiro atoms. The minimum Gasteiger partial charge on any atom is -0.383 e. The Labute approximate surface area is 110 Å². The molecule has 5 nitrogen and oxygen atoms in total. The fourth-order valence-electron chi connectivity index (χ4n) is 2.26. The second kappa shape index (κ2) is 7.07. The molecule has 1 amide bonds. The average molecular weight is 258 g/mol. The standard InChI is InChI=1S/C13H26N2O3/c1-10(9-17-4)15-12(16)8-14-11-5-6-18-13(2,3)7-11/h10-11,14H,5-9H2,1-4H3,(H,15,16). The van der Waals surface area contributed by atoms with Crippen molar-refractivity contribution in [2.75, 3.05) is 26.9 Å². The third-order valence-corrected chi connectivity index (χ3v) is 3.07. The summed E-state index contributed by atoms with van der Waals surface area (Å²) in [7, 11) is 1.63. The molecule has 2 N–H and O–H groups in total. The van der Waals surface area contributed by atoms with Crippen molar-refractivity contribution >= 4 is 5.91 Å². The Morgan fingerprint density at radius 3 is 2.89 bits per heavy atom. The third-order valence-electron chi connectivity index (χ3n) is 3.07. The first-order chi connectivity index (χ1) is 8.43. The Hall–Kier alpha value is -0.650. The molecule has 5 heteroatoms. The zero-order valence-electron chi connectivity index (χ0n) is 11.9. The third kappa shape index (κ3) is 5.80. The number of hydrogen-bond acceptors (Lipinski definition) is 4. The molecule has 1 aliphatic rings. The van der Waals surface area contributed by atoms with Gasteiger partial charge in [-0.05, 0) is 33.6 Å². The van der Waals surface area contributed by atoms with Gasteiger partial charge in [0.1, 0.15) is 0 Å². The van der Waals surface area contributed by atoms with Crippen LogP contribution in [-0.4, -0.2) is 50.5 Å². The van der Waals surface area contributed by atoms with Crippen LogP contribution in [0.2, 0.25) is 0 Å². The summed E-state index contributed by atoms with van der Waals surface area (Å²) in [5.74, 6) is 0.0175. The van der Waals surface area contributed by atoms with E-state index in [0.717, 1.165) is 19.4 Å². The van der Waals surface area contributed by atoms with Crippen molar-refractivity contribution in [3.05, 3.63) is 0 Å².